The molecule has 0 spiro atoms. The van der Waals surface area contributed by atoms with Gasteiger partial charge in [-0.15, -0.1) is 0 Å². The monoisotopic (exact) mass is 392 g/mol. The van der Waals surface area contributed by atoms with E-state index in [0.717, 1.165) is 36.4 Å². The summed E-state index contributed by atoms with van der Waals surface area (Å²) in [5.41, 5.74) is 3.19. The Morgan fingerprint density at radius 3 is 2.66 bits per heavy atom. The number of carbonyl (C=O) groups excluding carboxylic acids is 1. The summed E-state index contributed by atoms with van der Waals surface area (Å²) in [6, 6.07) is 17.7. The highest BCUT2D eigenvalue weighted by molar-refractivity contribution is 5.99. The number of hydrogen-bond acceptors (Lipinski definition) is 4. The van der Waals surface area contributed by atoms with Crippen LogP contribution in [0.5, 0.6) is 5.75 Å². The number of ether oxygens (including phenoxy) is 1. The van der Waals surface area contributed by atoms with Crippen molar-refractivity contribution in [3.63, 3.8) is 0 Å². The summed E-state index contributed by atoms with van der Waals surface area (Å²) in [4.78, 5) is 12.9. The molecule has 0 atom stereocenters. The first kappa shape index (κ1) is 20.6. The van der Waals surface area contributed by atoms with Crippen molar-refractivity contribution in [3.05, 3.63) is 71.9 Å². The number of aromatic nitrogens is 2. The van der Waals surface area contributed by atoms with Gasteiger partial charge in [0.1, 0.15) is 11.4 Å². The third kappa shape index (κ3) is 5.68. The van der Waals surface area contributed by atoms with Gasteiger partial charge < -0.3 is 15.4 Å². The Hall–Kier alpha value is -3.12. The third-order valence-electron chi connectivity index (χ3n) is 4.55. The van der Waals surface area contributed by atoms with Crippen LogP contribution in [-0.2, 0) is 6.54 Å². The molecule has 0 aliphatic rings. The maximum absolute atomic E-state index is 12.9. The van der Waals surface area contributed by atoms with E-state index in [9.17, 15) is 4.79 Å². The summed E-state index contributed by atoms with van der Waals surface area (Å²) in [5, 5.41) is 11.0. The molecular weight excluding hydrogens is 364 g/mol. The Bertz CT molecular complexity index is 922. The maximum Gasteiger partial charge on any atom is 0.255 e. The molecule has 1 amide bonds. The molecular formula is C23H28N4O2. The minimum absolute atomic E-state index is 0.125. The molecule has 0 fully saturated rings. The molecule has 2 aromatic carbocycles. The van der Waals surface area contributed by atoms with Crippen LogP contribution in [-0.4, -0.2) is 42.4 Å². The molecule has 0 saturated heterocycles. The molecule has 1 aromatic heterocycles. The molecule has 1 heterocycles. The van der Waals surface area contributed by atoms with Crippen molar-refractivity contribution in [2.24, 2.45) is 0 Å². The van der Waals surface area contributed by atoms with Gasteiger partial charge in [-0.1, -0.05) is 49.4 Å². The van der Waals surface area contributed by atoms with Crippen molar-refractivity contribution in [2.75, 3.05) is 26.7 Å². The van der Waals surface area contributed by atoms with E-state index in [1.807, 2.05) is 65.5 Å². The molecule has 6 nitrogen and oxygen atoms in total. The molecule has 2 N–H and O–H groups in total. The quantitative estimate of drug-likeness (QED) is 0.519. The largest absolute Gasteiger partial charge is 0.497 e. The highest BCUT2D eigenvalue weighted by Crippen LogP contribution is 2.26. The summed E-state index contributed by atoms with van der Waals surface area (Å²) in [6.45, 7) is 4.97. The number of nitrogens with zero attached hydrogens (tertiary/aromatic N) is 2. The molecule has 0 aliphatic carbocycles. The fraction of sp³-hybridized carbons (Fsp3) is 0.304. The zero-order valence-electron chi connectivity index (χ0n) is 17.0. The van der Waals surface area contributed by atoms with Crippen LogP contribution in [0, 0.1) is 0 Å². The average molecular weight is 393 g/mol. The van der Waals surface area contributed by atoms with Crippen LogP contribution >= 0.6 is 0 Å². The molecule has 0 saturated carbocycles. The number of carbonyl (C=O) groups is 1. The van der Waals surface area contributed by atoms with Crippen molar-refractivity contribution in [1.82, 2.24) is 20.4 Å². The third-order valence-corrected chi connectivity index (χ3v) is 4.55. The normalized spacial score (nSPS) is 10.7. The summed E-state index contributed by atoms with van der Waals surface area (Å²) in [5.74, 6) is 0.607. The van der Waals surface area contributed by atoms with Crippen molar-refractivity contribution < 1.29 is 9.53 Å². The zero-order valence-corrected chi connectivity index (χ0v) is 17.0. The molecule has 0 aliphatic heterocycles. The molecule has 0 radical (unpaired) electrons. The zero-order chi connectivity index (χ0) is 20.5. The van der Waals surface area contributed by atoms with Gasteiger partial charge in [-0.3, -0.25) is 9.48 Å². The van der Waals surface area contributed by atoms with Gasteiger partial charge in [0.15, 0.2) is 0 Å². The van der Waals surface area contributed by atoms with Gasteiger partial charge in [-0.2, -0.15) is 5.10 Å². The van der Waals surface area contributed by atoms with Gasteiger partial charge in [-0.05, 0) is 30.7 Å². The van der Waals surface area contributed by atoms with E-state index in [1.54, 1.807) is 7.11 Å². The fourth-order valence-corrected chi connectivity index (χ4v) is 3.08. The highest BCUT2D eigenvalue weighted by Gasteiger charge is 2.18. The molecule has 0 unspecified atom stereocenters. The van der Waals surface area contributed by atoms with Crippen LogP contribution in [0.2, 0.25) is 0 Å². The number of hydrogen-bond donors (Lipinski definition) is 2. The van der Waals surface area contributed by atoms with Gasteiger partial charge in [0.05, 0.1) is 19.2 Å². The van der Waals surface area contributed by atoms with Crippen LogP contribution in [0.25, 0.3) is 11.3 Å². The second-order valence-corrected chi connectivity index (χ2v) is 6.81. The Kier molecular flexibility index (Phi) is 7.41. The van der Waals surface area contributed by atoms with Gasteiger partial charge in [-0.25, -0.2) is 0 Å². The summed E-state index contributed by atoms with van der Waals surface area (Å²) >= 11 is 0. The van der Waals surface area contributed by atoms with Crippen molar-refractivity contribution in [2.45, 2.75) is 19.9 Å². The van der Waals surface area contributed by atoms with E-state index in [2.05, 4.69) is 17.6 Å². The topological polar surface area (TPSA) is 68.2 Å². The van der Waals surface area contributed by atoms with E-state index in [1.165, 1.54) is 0 Å². The lowest BCUT2D eigenvalue weighted by Gasteiger charge is -2.07. The molecule has 3 rings (SSSR count). The molecule has 6 heteroatoms. The fourth-order valence-electron chi connectivity index (χ4n) is 3.08. The number of amides is 1. The van der Waals surface area contributed by atoms with Gasteiger partial charge in [0.25, 0.3) is 5.91 Å². The summed E-state index contributed by atoms with van der Waals surface area (Å²) in [7, 11) is 1.63. The van der Waals surface area contributed by atoms with Crippen molar-refractivity contribution >= 4 is 5.91 Å². The summed E-state index contributed by atoms with van der Waals surface area (Å²) in [6.07, 6.45) is 2.89. The Morgan fingerprint density at radius 2 is 1.90 bits per heavy atom. The minimum atomic E-state index is -0.125. The standard InChI is InChI=1S/C23H28N4O2/c1-3-12-24-13-14-25-23(28)21-17-27(16-18-8-5-4-6-9-18)26-22(21)19-10-7-11-20(15-19)29-2/h4-11,15,17,24H,3,12-14,16H2,1-2H3,(H,25,28). The van der Waals surface area contributed by atoms with Crippen LogP contribution < -0.4 is 15.4 Å². The van der Waals surface area contributed by atoms with Crippen LogP contribution in [0.3, 0.4) is 0 Å². The minimum Gasteiger partial charge on any atom is -0.497 e. The molecule has 152 valence electrons. The molecule has 29 heavy (non-hydrogen) atoms. The van der Waals surface area contributed by atoms with Crippen molar-refractivity contribution in [3.8, 4) is 17.0 Å². The number of methoxy groups -OCH3 is 1. The lowest BCUT2D eigenvalue weighted by Crippen LogP contribution is -2.32. The van der Waals surface area contributed by atoms with Crippen LogP contribution in [0.4, 0.5) is 0 Å². The number of nitrogens with one attached hydrogen (secondary N) is 2. The average Bonchev–Trinajstić information content (AvgIpc) is 3.18. The van der Waals surface area contributed by atoms with Gasteiger partial charge in [0, 0.05) is 24.8 Å². The molecule has 3 aromatic rings. The van der Waals surface area contributed by atoms with E-state index in [4.69, 9.17) is 9.84 Å². The van der Waals surface area contributed by atoms with E-state index >= 15 is 0 Å². The predicted molar refractivity (Wildman–Crippen MR) is 115 cm³/mol. The lowest BCUT2D eigenvalue weighted by atomic mass is 10.1. The summed E-state index contributed by atoms with van der Waals surface area (Å²) < 4.78 is 7.15. The van der Waals surface area contributed by atoms with E-state index in [-0.39, 0.29) is 5.91 Å². The Morgan fingerprint density at radius 1 is 1.07 bits per heavy atom. The second-order valence-electron chi connectivity index (χ2n) is 6.81. The van der Waals surface area contributed by atoms with E-state index in [0.29, 0.717) is 24.3 Å². The SMILES string of the molecule is CCCNCCNC(=O)c1cn(Cc2ccccc2)nc1-c1cccc(OC)c1. The smallest absolute Gasteiger partial charge is 0.255 e. The van der Waals surface area contributed by atoms with Crippen molar-refractivity contribution in [1.29, 1.82) is 0 Å². The first-order valence-corrected chi connectivity index (χ1v) is 9.96. The maximum atomic E-state index is 12.9. The van der Waals surface area contributed by atoms with Gasteiger partial charge >= 0.3 is 0 Å². The van der Waals surface area contributed by atoms with E-state index < -0.39 is 0 Å². The first-order chi connectivity index (χ1) is 14.2. The second kappa shape index (κ2) is 10.4. The number of benzene rings is 2. The highest BCUT2D eigenvalue weighted by atomic mass is 16.5. The Balaban J connectivity index is 1.84. The Labute approximate surface area is 171 Å². The molecule has 0 bridgehead atoms. The van der Waals surface area contributed by atoms with Gasteiger partial charge in [0.2, 0.25) is 0 Å². The van der Waals surface area contributed by atoms with Crippen LogP contribution in [0.15, 0.2) is 60.8 Å². The number of rotatable bonds is 10. The predicted octanol–water partition coefficient (Wildman–Crippen LogP) is 3.34. The first-order valence-electron chi connectivity index (χ1n) is 9.96. The lowest BCUT2D eigenvalue weighted by molar-refractivity contribution is 0.0954. The van der Waals surface area contributed by atoms with Crippen LogP contribution in [0.1, 0.15) is 29.3 Å².